The highest BCUT2D eigenvalue weighted by molar-refractivity contribution is 7.10. The molecule has 1 fully saturated rings. The summed E-state index contributed by atoms with van der Waals surface area (Å²) in [5.41, 5.74) is 1.02. The molecule has 0 bridgehead atoms. The molecule has 6 heteroatoms. The largest absolute Gasteiger partial charge is 0.384 e. The molecule has 0 saturated carbocycles. The molecule has 1 N–H and O–H groups in total. The zero-order valence-corrected chi connectivity index (χ0v) is 12.1. The summed E-state index contributed by atoms with van der Waals surface area (Å²) >= 11 is 1.50. The van der Waals surface area contributed by atoms with Crippen molar-refractivity contribution in [3.63, 3.8) is 0 Å². The number of nitrogens with zero attached hydrogens (tertiary/aromatic N) is 1. The van der Waals surface area contributed by atoms with Crippen molar-refractivity contribution in [2.75, 3.05) is 33.5 Å². The average molecular weight is 295 g/mol. The molecule has 1 aliphatic rings. The Bertz CT molecular complexity index is 511. The van der Waals surface area contributed by atoms with Gasteiger partial charge < -0.3 is 19.5 Å². The van der Waals surface area contributed by atoms with Crippen LogP contribution in [0.4, 0.5) is 0 Å². The van der Waals surface area contributed by atoms with E-state index in [0.29, 0.717) is 26.4 Å². The van der Waals surface area contributed by atoms with Gasteiger partial charge in [-0.3, -0.25) is 4.79 Å². The second-order valence-corrected chi connectivity index (χ2v) is 5.32. The Balaban J connectivity index is 1.91. The third-order valence-electron chi connectivity index (χ3n) is 2.83. The first-order valence-electron chi connectivity index (χ1n) is 6.32. The molecule has 0 radical (unpaired) electrons. The predicted molar refractivity (Wildman–Crippen MR) is 75.3 cm³/mol. The zero-order valence-electron chi connectivity index (χ0n) is 11.3. The lowest BCUT2D eigenvalue weighted by Crippen LogP contribution is -2.43. The number of carbonyl (C=O) groups is 1. The number of hydrogen-bond acceptors (Lipinski definition) is 5. The molecule has 1 amide bonds. The standard InChI is InChI=1S/C14H17NO4S/c1-15(14(17)13-9-18-5-6-19-13)8-11-7-12(20-10-11)3-2-4-16/h7,10,13,16H,4-6,8-9H2,1H3. The van der Waals surface area contributed by atoms with E-state index in [-0.39, 0.29) is 12.5 Å². The first kappa shape index (κ1) is 15.0. The lowest BCUT2D eigenvalue weighted by Gasteiger charge is -2.26. The monoisotopic (exact) mass is 295 g/mol. The lowest BCUT2D eigenvalue weighted by molar-refractivity contribution is -0.157. The van der Waals surface area contributed by atoms with E-state index in [0.717, 1.165) is 10.4 Å². The third kappa shape index (κ3) is 4.05. The summed E-state index contributed by atoms with van der Waals surface area (Å²) in [6.45, 7) is 1.69. The molecule has 0 spiro atoms. The highest BCUT2D eigenvalue weighted by atomic mass is 32.1. The van der Waals surface area contributed by atoms with Crippen molar-refractivity contribution >= 4 is 17.2 Å². The minimum atomic E-state index is -0.499. The van der Waals surface area contributed by atoms with Crippen LogP contribution in [0.3, 0.4) is 0 Å². The Morgan fingerprint density at radius 2 is 2.45 bits per heavy atom. The fraction of sp³-hybridized carbons (Fsp3) is 0.500. The molecule has 1 aliphatic heterocycles. The van der Waals surface area contributed by atoms with E-state index in [2.05, 4.69) is 11.8 Å². The van der Waals surface area contributed by atoms with Crippen molar-refractivity contribution in [1.29, 1.82) is 0 Å². The number of amides is 1. The summed E-state index contributed by atoms with van der Waals surface area (Å²) in [6, 6.07) is 1.93. The summed E-state index contributed by atoms with van der Waals surface area (Å²) in [5, 5.41) is 10.6. The van der Waals surface area contributed by atoms with Crippen molar-refractivity contribution in [2.45, 2.75) is 12.6 Å². The Morgan fingerprint density at radius 3 is 3.15 bits per heavy atom. The second-order valence-electron chi connectivity index (χ2n) is 4.41. The van der Waals surface area contributed by atoms with Crippen LogP contribution in [0.25, 0.3) is 0 Å². The molecule has 5 nitrogen and oxygen atoms in total. The van der Waals surface area contributed by atoms with Crippen molar-refractivity contribution in [3.8, 4) is 11.8 Å². The molecular formula is C14H17NO4S. The predicted octanol–water partition coefficient (Wildman–Crippen LogP) is 0.466. The maximum absolute atomic E-state index is 12.1. The minimum Gasteiger partial charge on any atom is -0.384 e. The van der Waals surface area contributed by atoms with E-state index < -0.39 is 6.10 Å². The number of aliphatic hydroxyl groups excluding tert-OH is 1. The van der Waals surface area contributed by atoms with Crippen LogP contribution < -0.4 is 0 Å². The smallest absolute Gasteiger partial charge is 0.254 e. The Labute approximate surface area is 122 Å². The maximum atomic E-state index is 12.1. The van der Waals surface area contributed by atoms with Gasteiger partial charge in [-0.15, -0.1) is 11.3 Å². The number of carbonyl (C=O) groups excluding carboxylic acids is 1. The van der Waals surface area contributed by atoms with Crippen LogP contribution in [0, 0.1) is 11.8 Å². The first-order valence-corrected chi connectivity index (χ1v) is 7.20. The third-order valence-corrected chi connectivity index (χ3v) is 3.73. The van der Waals surface area contributed by atoms with Gasteiger partial charge in [0.05, 0.1) is 24.7 Å². The number of likely N-dealkylation sites (N-methyl/N-ethyl adjacent to an activating group) is 1. The molecule has 2 heterocycles. The van der Waals surface area contributed by atoms with E-state index in [9.17, 15) is 4.79 Å². The summed E-state index contributed by atoms with van der Waals surface area (Å²) in [6.07, 6.45) is -0.499. The van der Waals surface area contributed by atoms with Crippen LogP contribution in [-0.2, 0) is 20.8 Å². The van der Waals surface area contributed by atoms with E-state index in [4.69, 9.17) is 14.6 Å². The molecule has 1 saturated heterocycles. The van der Waals surface area contributed by atoms with Crippen molar-refractivity contribution in [1.82, 2.24) is 4.90 Å². The van der Waals surface area contributed by atoms with Crippen molar-refractivity contribution < 1.29 is 19.4 Å². The SMILES string of the molecule is CN(Cc1csc(C#CCO)c1)C(=O)C1COCCO1. The van der Waals surface area contributed by atoms with Gasteiger partial charge in [0.15, 0.2) is 6.10 Å². The van der Waals surface area contributed by atoms with Crippen LogP contribution in [0.5, 0.6) is 0 Å². The average Bonchev–Trinajstić information content (AvgIpc) is 2.92. The molecule has 1 aromatic heterocycles. The van der Waals surface area contributed by atoms with Crippen molar-refractivity contribution in [3.05, 3.63) is 21.9 Å². The van der Waals surface area contributed by atoms with Gasteiger partial charge in [-0.25, -0.2) is 0 Å². The molecule has 1 unspecified atom stereocenters. The number of rotatable bonds is 3. The van der Waals surface area contributed by atoms with Gasteiger partial charge in [-0.05, 0) is 17.0 Å². The minimum absolute atomic E-state index is 0.0705. The lowest BCUT2D eigenvalue weighted by atomic mass is 10.2. The molecule has 108 valence electrons. The fourth-order valence-corrected chi connectivity index (χ4v) is 2.65. The van der Waals surface area contributed by atoms with E-state index in [1.54, 1.807) is 11.9 Å². The Morgan fingerprint density at radius 1 is 1.60 bits per heavy atom. The molecular weight excluding hydrogens is 278 g/mol. The van der Waals surface area contributed by atoms with Crippen LogP contribution >= 0.6 is 11.3 Å². The number of aliphatic hydroxyl groups is 1. The molecule has 0 aromatic carbocycles. The van der Waals surface area contributed by atoms with E-state index in [1.165, 1.54) is 11.3 Å². The summed E-state index contributed by atoms with van der Waals surface area (Å²) in [5.74, 6) is 5.39. The summed E-state index contributed by atoms with van der Waals surface area (Å²) in [7, 11) is 1.75. The highest BCUT2D eigenvalue weighted by Gasteiger charge is 2.25. The summed E-state index contributed by atoms with van der Waals surface area (Å²) in [4.78, 5) is 14.7. The van der Waals surface area contributed by atoms with Gasteiger partial charge in [-0.1, -0.05) is 11.8 Å². The van der Waals surface area contributed by atoms with Gasteiger partial charge in [0.25, 0.3) is 5.91 Å². The number of hydrogen-bond donors (Lipinski definition) is 1. The molecule has 0 aliphatic carbocycles. The van der Waals surface area contributed by atoms with E-state index in [1.807, 2.05) is 11.4 Å². The Kier molecular flexibility index (Phi) is 5.56. The van der Waals surface area contributed by atoms with Gasteiger partial charge >= 0.3 is 0 Å². The van der Waals surface area contributed by atoms with Gasteiger partial charge in [0, 0.05) is 13.6 Å². The number of ether oxygens (including phenoxy) is 2. The van der Waals surface area contributed by atoms with Crippen LogP contribution in [0.15, 0.2) is 11.4 Å². The second kappa shape index (κ2) is 7.41. The first-order chi connectivity index (χ1) is 9.70. The normalized spacial score (nSPS) is 18.2. The van der Waals surface area contributed by atoms with Crippen molar-refractivity contribution in [2.24, 2.45) is 0 Å². The molecule has 1 aromatic rings. The van der Waals surface area contributed by atoms with Gasteiger partial charge in [0.2, 0.25) is 0 Å². The zero-order chi connectivity index (χ0) is 14.4. The topological polar surface area (TPSA) is 59.0 Å². The number of thiophene rings is 1. The molecule has 20 heavy (non-hydrogen) atoms. The molecule has 1 atom stereocenters. The highest BCUT2D eigenvalue weighted by Crippen LogP contribution is 2.16. The van der Waals surface area contributed by atoms with E-state index >= 15 is 0 Å². The van der Waals surface area contributed by atoms with Crippen LogP contribution in [0.1, 0.15) is 10.4 Å². The van der Waals surface area contributed by atoms with Gasteiger partial charge in [-0.2, -0.15) is 0 Å². The van der Waals surface area contributed by atoms with Gasteiger partial charge in [0.1, 0.15) is 6.61 Å². The summed E-state index contributed by atoms with van der Waals surface area (Å²) < 4.78 is 10.6. The maximum Gasteiger partial charge on any atom is 0.254 e. The Hall–Kier alpha value is -1.39. The quantitative estimate of drug-likeness (QED) is 0.823. The molecule has 2 rings (SSSR count). The fourth-order valence-electron chi connectivity index (χ4n) is 1.88. The van der Waals surface area contributed by atoms with Crippen LogP contribution in [-0.4, -0.2) is 55.5 Å². The van der Waals surface area contributed by atoms with Crippen LogP contribution in [0.2, 0.25) is 0 Å².